The Morgan fingerprint density at radius 1 is 1.39 bits per heavy atom. The highest BCUT2D eigenvalue weighted by Crippen LogP contribution is 2.21. The van der Waals surface area contributed by atoms with Crippen molar-refractivity contribution in [1.82, 2.24) is 4.98 Å². The van der Waals surface area contributed by atoms with E-state index in [1.165, 1.54) is 24.4 Å². The molecule has 0 aliphatic carbocycles. The zero-order valence-electron chi connectivity index (χ0n) is 11.5. The number of nitrogens with zero attached hydrogens (tertiary/aromatic N) is 1. The molecule has 0 atom stereocenters. The molecule has 0 saturated carbocycles. The molecule has 0 spiro atoms. The summed E-state index contributed by atoms with van der Waals surface area (Å²) in [5, 5.41) is 2.29. The van der Waals surface area contributed by atoms with E-state index in [0.29, 0.717) is 4.60 Å². The van der Waals surface area contributed by atoms with Crippen molar-refractivity contribution in [3.63, 3.8) is 0 Å². The Labute approximate surface area is 143 Å². The van der Waals surface area contributed by atoms with Crippen molar-refractivity contribution in [2.24, 2.45) is 0 Å². The molecule has 1 amide bonds. The molecule has 1 aromatic heterocycles. The van der Waals surface area contributed by atoms with Crippen LogP contribution in [0.25, 0.3) is 0 Å². The molecule has 0 bridgehead atoms. The van der Waals surface area contributed by atoms with Crippen molar-refractivity contribution in [3.8, 4) is 0 Å². The first-order chi connectivity index (χ1) is 10.9. The highest BCUT2D eigenvalue weighted by atomic mass is 79.9. The monoisotopic (exact) mass is 401 g/mol. The molecule has 120 valence electrons. The molecule has 9 heteroatoms. The van der Waals surface area contributed by atoms with E-state index >= 15 is 0 Å². The predicted octanol–water partition coefficient (Wildman–Crippen LogP) is 3.01. The number of carbonyl (C=O) groups excluding carboxylic acids is 2. The van der Waals surface area contributed by atoms with E-state index in [4.69, 9.17) is 22.1 Å². The minimum atomic E-state index is -0.766. The van der Waals surface area contributed by atoms with Gasteiger partial charge in [0.25, 0.3) is 5.91 Å². The second kappa shape index (κ2) is 7.38. The normalized spacial score (nSPS) is 10.2. The zero-order valence-corrected chi connectivity index (χ0v) is 13.8. The lowest BCUT2D eigenvalue weighted by molar-refractivity contribution is -0.119. The van der Waals surface area contributed by atoms with Crippen LogP contribution in [0, 0.1) is 5.82 Å². The smallest absolute Gasteiger partial charge is 0.340 e. The van der Waals surface area contributed by atoms with Crippen molar-refractivity contribution >= 4 is 50.8 Å². The number of amides is 1. The SMILES string of the molecule is Nc1c(C(=O)OCC(=O)Nc2ccc(F)c(Cl)c2)ccnc1Br. The highest BCUT2D eigenvalue weighted by Gasteiger charge is 2.15. The van der Waals surface area contributed by atoms with Gasteiger partial charge in [-0.15, -0.1) is 0 Å². The number of benzene rings is 1. The van der Waals surface area contributed by atoms with E-state index in [9.17, 15) is 14.0 Å². The number of rotatable bonds is 4. The number of ether oxygens (including phenoxy) is 1. The van der Waals surface area contributed by atoms with E-state index < -0.39 is 24.3 Å². The van der Waals surface area contributed by atoms with Crippen molar-refractivity contribution in [2.75, 3.05) is 17.7 Å². The summed E-state index contributed by atoms with van der Waals surface area (Å²) >= 11 is 8.69. The molecule has 2 rings (SSSR count). The fraction of sp³-hybridized carbons (Fsp3) is 0.0714. The second-order valence-electron chi connectivity index (χ2n) is 4.32. The van der Waals surface area contributed by atoms with Gasteiger partial charge in [-0.2, -0.15) is 0 Å². The van der Waals surface area contributed by atoms with Crippen LogP contribution < -0.4 is 11.1 Å². The fourth-order valence-corrected chi connectivity index (χ4v) is 2.12. The number of hydrogen-bond acceptors (Lipinski definition) is 5. The summed E-state index contributed by atoms with van der Waals surface area (Å²) in [5.41, 5.74) is 6.17. The third kappa shape index (κ3) is 4.40. The van der Waals surface area contributed by atoms with Gasteiger partial charge in [-0.05, 0) is 40.2 Å². The van der Waals surface area contributed by atoms with Gasteiger partial charge in [0.05, 0.1) is 16.3 Å². The molecule has 0 aliphatic rings. The maximum absolute atomic E-state index is 13.0. The number of nitrogens with one attached hydrogen (secondary N) is 1. The summed E-state index contributed by atoms with van der Waals surface area (Å²) in [6.45, 7) is -0.535. The van der Waals surface area contributed by atoms with Crippen molar-refractivity contribution in [1.29, 1.82) is 0 Å². The minimum Gasteiger partial charge on any atom is -0.452 e. The molecule has 6 nitrogen and oxygen atoms in total. The maximum Gasteiger partial charge on any atom is 0.340 e. The second-order valence-corrected chi connectivity index (χ2v) is 5.47. The molecule has 0 aliphatic heterocycles. The van der Waals surface area contributed by atoms with Gasteiger partial charge in [0.15, 0.2) is 6.61 Å². The number of aromatic nitrogens is 1. The molecular weight excluding hydrogens is 393 g/mol. The molecule has 0 radical (unpaired) electrons. The Morgan fingerprint density at radius 2 is 2.13 bits per heavy atom. The summed E-state index contributed by atoms with van der Waals surface area (Å²) in [5.74, 6) is -1.97. The van der Waals surface area contributed by atoms with Crippen LogP contribution in [-0.2, 0) is 9.53 Å². The summed E-state index contributed by atoms with van der Waals surface area (Å²) < 4.78 is 18.2. The fourth-order valence-electron chi connectivity index (χ4n) is 1.61. The Bertz CT molecular complexity index is 773. The molecule has 0 fully saturated rings. The van der Waals surface area contributed by atoms with E-state index in [2.05, 4.69) is 26.2 Å². The van der Waals surface area contributed by atoms with Gasteiger partial charge in [-0.3, -0.25) is 4.79 Å². The average molecular weight is 403 g/mol. The standard InChI is InChI=1S/C14H10BrClFN3O3/c15-13-12(18)8(3-4-19-13)14(22)23-6-11(21)20-7-1-2-10(17)9(16)5-7/h1-5H,6,18H2,(H,20,21). The summed E-state index contributed by atoms with van der Waals surface area (Å²) in [4.78, 5) is 27.4. The van der Waals surface area contributed by atoms with Gasteiger partial charge in [0, 0.05) is 11.9 Å². The Balaban J connectivity index is 1.94. The van der Waals surface area contributed by atoms with Gasteiger partial charge < -0.3 is 15.8 Å². The Morgan fingerprint density at radius 3 is 2.83 bits per heavy atom. The van der Waals surface area contributed by atoms with Crippen LogP contribution >= 0.6 is 27.5 Å². The number of hydrogen-bond donors (Lipinski definition) is 2. The van der Waals surface area contributed by atoms with Crippen molar-refractivity contribution in [3.05, 3.63) is 51.5 Å². The average Bonchev–Trinajstić information content (AvgIpc) is 2.51. The molecule has 0 saturated heterocycles. The van der Waals surface area contributed by atoms with Crippen LogP contribution in [0.5, 0.6) is 0 Å². The summed E-state index contributed by atoms with van der Waals surface area (Å²) in [6, 6.07) is 5.06. The van der Waals surface area contributed by atoms with E-state index in [0.717, 1.165) is 6.07 Å². The Kier molecular flexibility index (Phi) is 5.51. The number of nitrogens with two attached hydrogens (primary N) is 1. The lowest BCUT2D eigenvalue weighted by atomic mass is 10.2. The lowest BCUT2D eigenvalue weighted by Gasteiger charge is -2.08. The molecule has 0 unspecified atom stereocenters. The lowest BCUT2D eigenvalue weighted by Crippen LogP contribution is -2.21. The summed E-state index contributed by atoms with van der Waals surface area (Å²) in [7, 11) is 0. The number of pyridine rings is 1. The Hall–Kier alpha value is -2.19. The van der Waals surface area contributed by atoms with Gasteiger partial charge in [-0.1, -0.05) is 11.6 Å². The first-order valence-electron chi connectivity index (χ1n) is 6.20. The first kappa shape index (κ1) is 17.2. The number of esters is 1. The quantitative estimate of drug-likeness (QED) is 0.605. The maximum atomic E-state index is 13.0. The number of anilines is 2. The minimum absolute atomic E-state index is 0.0875. The van der Waals surface area contributed by atoms with E-state index in [-0.39, 0.29) is 22.0 Å². The van der Waals surface area contributed by atoms with Crippen LogP contribution in [0.1, 0.15) is 10.4 Å². The van der Waals surface area contributed by atoms with Crippen LogP contribution in [0.3, 0.4) is 0 Å². The number of nitrogen functional groups attached to an aromatic ring is 1. The zero-order chi connectivity index (χ0) is 17.0. The van der Waals surface area contributed by atoms with E-state index in [1.807, 2.05) is 0 Å². The van der Waals surface area contributed by atoms with Crippen LogP contribution in [0.15, 0.2) is 35.1 Å². The number of halogens is 3. The van der Waals surface area contributed by atoms with Gasteiger partial charge >= 0.3 is 5.97 Å². The van der Waals surface area contributed by atoms with Crippen molar-refractivity contribution in [2.45, 2.75) is 0 Å². The third-order valence-corrected chi connectivity index (χ3v) is 3.62. The van der Waals surface area contributed by atoms with Crippen LogP contribution in [0.4, 0.5) is 15.8 Å². The predicted molar refractivity (Wildman–Crippen MR) is 86.7 cm³/mol. The van der Waals surface area contributed by atoms with E-state index in [1.54, 1.807) is 0 Å². The van der Waals surface area contributed by atoms with Gasteiger partial charge in [-0.25, -0.2) is 14.2 Å². The first-order valence-corrected chi connectivity index (χ1v) is 7.37. The van der Waals surface area contributed by atoms with Gasteiger partial charge in [0.1, 0.15) is 10.4 Å². The van der Waals surface area contributed by atoms with Crippen LogP contribution in [-0.4, -0.2) is 23.5 Å². The molecular formula is C14H10BrClFN3O3. The molecule has 1 aromatic carbocycles. The number of carbonyl (C=O) groups is 2. The van der Waals surface area contributed by atoms with Crippen molar-refractivity contribution < 1.29 is 18.7 Å². The molecule has 23 heavy (non-hydrogen) atoms. The molecule has 3 N–H and O–H groups in total. The summed E-state index contributed by atoms with van der Waals surface area (Å²) in [6.07, 6.45) is 1.37. The third-order valence-electron chi connectivity index (χ3n) is 2.70. The largest absolute Gasteiger partial charge is 0.452 e. The topological polar surface area (TPSA) is 94.3 Å². The molecule has 1 heterocycles. The van der Waals surface area contributed by atoms with Crippen LogP contribution in [0.2, 0.25) is 5.02 Å². The molecule has 2 aromatic rings. The highest BCUT2D eigenvalue weighted by molar-refractivity contribution is 9.10. The van der Waals surface area contributed by atoms with Gasteiger partial charge in [0.2, 0.25) is 0 Å².